The summed E-state index contributed by atoms with van der Waals surface area (Å²) in [5.41, 5.74) is 5.10. The summed E-state index contributed by atoms with van der Waals surface area (Å²) in [5, 5.41) is 3.59. The number of rotatable bonds is 7. The molecular weight excluding hydrogens is 459 g/mol. The van der Waals surface area contributed by atoms with Crippen molar-refractivity contribution in [3.8, 4) is 11.1 Å². The van der Waals surface area contributed by atoms with Crippen molar-refractivity contribution in [3.05, 3.63) is 101 Å². The standard InChI is InChI=1S/C30H32ClFN2O/c1-5-21-17-23(18-21)33-30(35)22-13-14-34(20(4)16-22)29(31)24(6-2)25-9-7-8-10-26(25)27-12-11-19(3)15-28(27)32/h7-16,21,23H,4-6,17-18H2,1-3H3,(H,33,35)/b29-24+. The van der Waals surface area contributed by atoms with E-state index in [1.54, 1.807) is 29.3 Å². The molecule has 1 heterocycles. The van der Waals surface area contributed by atoms with Crippen molar-refractivity contribution in [2.24, 2.45) is 5.92 Å². The van der Waals surface area contributed by atoms with Gasteiger partial charge < -0.3 is 10.2 Å². The summed E-state index contributed by atoms with van der Waals surface area (Å²) in [7, 11) is 0. The number of hydrogen-bond donors (Lipinski definition) is 1. The molecule has 0 saturated heterocycles. The number of benzene rings is 2. The first-order valence-electron chi connectivity index (χ1n) is 12.3. The van der Waals surface area contributed by atoms with Gasteiger partial charge in [-0.2, -0.15) is 0 Å². The van der Waals surface area contributed by atoms with E-state index in [-0.39, 0.29) is 17.8 Å². The Morgan fingerprint density at radius 2 is 1.91 bits per heavy atom. The lowest BCUT2D eigenvalue weighted by Gasteiger charge is -2.35. The molecule has 1 saturated carbocycles. The zero-order valence-corrected chi connectivity index (χ0v) is 21.3. The van der Waals surface area contributed by atoms with Crippen molar-refractivity contribution in [1.29, 1.82) is 0 Å². The van der Waals surface area contributed by atoms with E-state index in [0.29, 0.717) is 34.3 Å². The highest BCUT2D eigenvalue weighted by Crippen LogP contribution is 2.38. The van der Waals surface area contributed by atoms with Crippen LogP contribution in [-0.2, 0) is 4.79 Å². The third-order valence-electron chi connectivity index (χ3n) is 6.93. The molecular formula is C30H32ClFN2O. The molecule has 1 fully saturated rings. The topological polar surface area (TPSA) is 32.3 Å². The fraction of sp³-hybridized carbons (Fsp3) is 0.300. The second kappa shape index (κ2) is 10.7. The Morgan fingerprint density at radius 1 is 1.17 bits per heavy atom. The minimum absolute atomic E-state index is 0.0855. The maximum atomic E-state index is 14.9. The summed E-state index contributed by atoms with van der Waals surface area (Å²) in [6.45, 7) is 10.2. The van der Waals surface area contributed by atoms with Crippen LogP contribution in [0.2, 0.25) is 0 Å². The van der Waals surface area contributed by atoms with Gasteiger partial charge in [0, 0.05) is 29.1 Å². The molecule has 35 heavy (non-hydrogen) atoms. The zero-order chi connectivity index (χ0) is 25.1. The molecule has 0 bridgehead atoms. The average Bonchev–Trinajstić information content (AvgIpc) is 2.81. The number of carbonyl (C=O) groups is 1. The molecule has 182 valence electrons. The minimum Gasteiger partial charge on any atom is -0.349 e. The first-order chi connectivity index (χ1) is 16.8. The first kappa shape index (κ1) is 25.0. The number of carbonyl (C=O) groups excluding carboxylic acids is 1. The predicted molar refractivity (Wildman–Crippen MR) is 143 cm³/mol. The smallest absolute Gasteiger partial charge is 0.251 e. The van der Waals surface area contributed by atoms with Gasteiger partial charge in [-0.05, 0) is 72.6 Å². The first-order valence-corrected chi connectivity index (χ1v) is 12.6. The van der Waals surface area contributed by atoms with E-state index >= 15 is 0 Å². The normalized spacial score (nSPS) is 20.2. The second-order valence-electron chi connectivity index (χ2n) is 9.34. The number of nitrogens with one attached hydrogen (secondary N) is 1. The summed E-state index contributed by atoms with van der Waals surface area (Å²) < 4.78 is 14.9. The van der Waals surface area contributed by atoms with Crippen LogP contribution in [0.3, 0.4) is 0 Å². The largest absolute Gasteiger partial charge is 0.349 e. The molecule has 2 aromatic rings. The van der Waals surface area contributed by atoms with Crippen molar-refractivity contribution >= 4 is 23.1 Å². The van der Waals surface area contributed by atoms with Crippen molar-refractivity contribution < 1.29 is 9.18 Å². The summed E-state index contributed by atoms with van der Waals surface area (Å²) >= 11 is 6.92. The van der Waals surface area contributed by atoms with E-state index in [1.807, 2.05) is 50.2 Å². The number of halogens is 2. The van der Waals surface area contributed by atoms with Crippen LogP contribution in [0, 0.1) is 18.7 Å². The van der Waals surface area contributed by atoms with Gasteiger partial charge in [0.2, 0.25) is 0 Å². The molecule has 0 spiro atoms. The summed E-state index contributed by atoms with van der Waals surface area (Å²) in [6, 6.07) is 13.2. The third-order valence-corrected chi connectivity index (χ3v) is 7.34. The van der Waals surface area contributed by atoms with Gasteiger partial charge in [0.05, 0.1) is 0 Å². The Hall–Kier alpha value is -3.11. The van der Waals surface area contributed by atoms with E-state index < -0.39 is 0 Å². The Balaban J connectivity index is 1.59. The molecule has 1 aliphatic carbocycles. The van der Waals surface area contributed by atoms with Crippen LogP contribution in [-0.4, -0.2) is 16.8 Å². The average molecular weight is 491 g/mol. The lowest BCUT2D eigenvalue weighted by Crippen LogP contribution is -2.44. The summed E-state index contributed by atoms with van der Waals surface area (Å²) in [6.07, 6.45) is 9.18. The van der Waals surface area contributed by atoms with Gasteiger partial charge in [-0.3, -0.25) is 4.79 Å². The number of nitrogens with zero attached hydrogens (tertiary/aromatic N) is 1. The lowest BCUT2D eigenvalue weighted by molar-refractivity contribution is -0.118. The fourth-order valence-electron chi connectivity index (χ4n) is 4.75. The molecule has 2 aromatic carbocycles. The molecule has 0 radical (unpaired) electrons. The minimum atomic E-state index is -0.262. The van der Waals surface area contributed by atoms with Gasteiger partial charge in [0.15, 0.2) is 0 Å². The third kappa shape index (κ3) is 5.28. The van der Waals surface area contributed by atoms with E-state index in [9.17, 15) is 9.18 Å². The van der Waals surface area contributed by atoms with Crippen molar-refractivity contribution in [3.63, 3.8) is 0 Å². The van der Waals surface area contributed by atoms with Gasteiger partial charge in [-0.1, -0.05) is 74.8 Å². The second-order valence-corrected chi connectivity index (χ2v) is 9.70. The molecule has 3 nitrogen and oxygen atoms in total. The van der Waals surface area contributed by atoms with Crippen molar-refractivity contribution in [2.45, 2.75) is 52.5 Å². The molecule has 0 aromatic heterocycles. The number of amides is 1. The van der Waals surface area contributed by atoms with Crippen LogP contribution in [0.25, 0.3) is 16.7 Å². The van der Waals surface area contributed by atoms with Gasteiger partial charge in [0.1, 0.15) is 11.0 Å². The quantitative estimate of drug-likeness (QED) is 0.403. The molecule has 0 unspecified atom stereocenters. The molecule has 1 aliphatic heterocycles. The molecule has 1 N–H and O–H groups in total. The van der Waals surface area contributed by atoms with Crippen molar-refractivity contribution in [2.75, 3.05) is 0 Å². The monoisotopic (exact) mass is 490 g/mol. The SMILES string of the molecule is C=C1C=C(C(=O)NC2CC(CC)C2)C=CN1/C(Cl)=C(\CC)c1ccccc1-c1ccc(C)cc1F. The maximum absolute atomic E-state index is 14.9. The Bertz CT molecular complexity index is 1240. The van der Waals surface area contributed by atoms with Crippen LogP contribution in [0.1, 0.15) is 50.7 Å². The predicted octanol–water partition coefficient (Wildman–Crippen LogP) is 7.69. The van der Waals surface area contributed by atoms with Gasteiger partial charge >= 0.3 is 0 Å². The van der Waals surface area contributed by atoms with Crippen LogP contribution in [0.4, 0.5) is 4.39 Å². The van der Waals surface area contributed by atoms with Crippen LogP contribution < -0.4 is 5.32 Å². The summed E-state index contributed by atoms with van der Waals surface area (Å²) in [5.74, 6) is 0.369. The summed E-state index contributed by atoms with van der Waals surface area (Å²) in [4.78, 5) is 14.5. The van der Waals surface area contributed by atoms with E-state index in [2.05, 4.69) is 18.8 Å². The highest BCUT2D eigenvalue weighted by Gasteiger charge is 2.29. The number of aryl methyl sites for hydroxylation is 1. The Morgan fingerprint density at radius 3 is 2.57 bits per heavy atom. The number of allylic oxidation sites excluding steroid dienone is 2. The van der Waals surface area contributed by atoms with Crippen LogP contribution in [0.15, 0.2) is 83.8 Å². The van der Waals surface area contributed by atoms with E-state index in [0.717, 1.165) is 41.5 Å². The molecule has 2 aliphatic rings. The highest BCUT2D eigenvalue weighted by molar-refractivity contribution is 6.32. The molecule has 1 amide bonds. The molecule has 5 heteroatoms. The van der Waals surface area contributed by atoms with Gasteiger partial charge in [-0.15, -0.1) is 0 Å². The fourth-order valence-corrected chi connectivity index (χ4v) is 5.15. The molecule has 0 atom stereocenters. The van der Waals surface area contributed by atoms with Crippen molar-refractivity contribution in [1.82, 2.24) is 10.2 Å². The van der Waals surface area contributed by atoms with Crippen LogP contribution >= 0.6 is 11.6 Å². The van der Waals surface area contributed by atoms with E-state index in [1.165, 1.54) is 0 Å². The maximum Gasteiger partial charge on any atom is 0.251 e. The lowest BCUT2D eigenvalue weighted by atomic mass is 9.78. The highest BCUT2D eigenvalue weighted by atomic mass is 35.5. The van der Waals surface area contributed by atoms with Gasteiger partial charge in [0.25, 0.3) is 5.91 Å². The van der Waals surface area contributed by atoms with E-state index in [4.69, 9.17) is 11.6 Å². The van der Waals surface area contributed by atoms with Gasteiger partial charge in [-0.25, -0.2) is 4.39 Å². The Kier molecular flexibility index (Phi) is 7.61. The zero-order valence-electron chi connectivity index (χ0n) is 20.6. The Labute approximate surface area is 212 Å². The molecule has 4 rings (SSSR count). The van der Waals surface area contributed by atoms with Crippen LogP contribution in [0.5, 0.6) is 0 Å². The number of hydrogen-bond acceptors (Lipinski definition) is 2.